The Balaban J connectivity index is 2.13. The molecule has 0 aliphatic carbocycles. The van der Waals surface area contributed by atoms with Crippen LogP contribution in [0.4, 0.5) is 0 Å². The van der Waals surface area contributed by atoms with E-state index in [9.17, 15) is 0 Å². The molecule has 1 aromatic carbocycles. The van der Waals surface area contributed by atoms with E-state index in [0.717, 1.165) is 10.7 Å². The van der Waals surface area contributed by atoms with E-state index in [-0.39, 0.29) is 5.84 Å². The molecule has 0 bridgehead atoms. The largest absolute Gasteiger partial charge is 0.496 e. The predicted molar refractivity (Wildman–Crippen MR) is 75.6 cm³/mol. The second kappa shape index (κ2) is 6.19. The maximum Gasteiger partial charge on any atom is 0.187 e. The highest BCUT2D eigenvalue weighted by Gasteiger charge is 2.07. The van der Waals surface area contributed by atoms with Crippen LogP contribution >= 0.6 is 11.8 Å². The zero-order valence-electron chi connectivity index (χ0n) is 10.5. The van der Waals surface area contributed by atoms with Crippen molar-refractivity contribution in [3.63, 3.8) is 0 Å². The first-order valence-corrected chi connectivity index (χ1v) is 6.60. The second-order valence-corrected chi connectivity index (χ2v) is 4.71. The van der Waals surface area contributed by atoms with Crippen molar-refractivity contribution in [1.82, 2.24) is 9.97 Å². The van der Waals surface area contributed by atoms with Gasteiger partial charge in [0.15, 0.2) is 5.16 Å². The van der Waals surface area contributed by atoms with Crippen molar-refractivity contribution in [1.29, 1.82) is 5.41 Å². The maximum absolute atomic E-state index is 7.54. The first-order chi connectivity index (χ1) is 9.20. The molecule has 0 aliphatic heterocycles. The Bertz CT molecular complexity index is 574. The van der Waals surface area contributed by atoms with Gasteiger partial charge in [0.2, 0.25) is 0 Å². The van der Waals surface area contributed by atoms with Crippen LogP contribution in [0.3, 0.4) is 0 Å². The molecule has 98 valence electrons. The van der Waals surface area contributed by atoms with Crippen LogP contribution in [0.15, 0.2) is 41.8 Å². The van der Waals surface area contributed by atoms with Crippen LogP contribution in [0, 0.1) is 5.41 Å². The summed E-state index contributed by atoms with van der Waals surface area (Å²) < 4.78 is 5.17. The Morgan fingerprint density at radius 1 is 1.37 bits per heavy atom. The molecule has 2 aromatic rings. The fraction of sp³-hybridized carbons (Fsp3) is 0.154. The van der Waals surface area contributed by atoms with Gasteiger partial charge in [-0.2, -0.15) is 0 Å². The van der Waals surface area contributed by atoms with E-state index < -0.39 is 0 Å². The lowest BCUT2D eigenvalue weighted by atomic mass is 10.1. The number of methoxy groups -OCH3 is 1. The number of benzene rings is 1. The summed E-state index contributed by atoms with van der Waals surface area (Å²) >= 11 is 1.53. The molecular formula is C13H14N4OS. The minimum Gasteiger partial charge on any atom is -0.496 e. The van der Waals surface area contributed by atoms with Crippen molar-refractivity contribution >= 4 is 17.6 Å². The monoisotopic (exact) mass is 274 g/mol. The fourth-order valence-electron chi connectivity index (χ4n) is 1.56. The molecule has 0 unspecified atom stereocenters. The molecule has 1 heterocycles. The van der Waals surface area contributed by atoms with Gasteiger partial charge in [-0.15, -0.1) is 0 Å². The molecule has 0 saturated heterocycles. The van der Waals surface area contributed by atoms with Gasteiger partial charge in [0.05, 0.1) is 12.7 Å². The van der Waals surface area contributed by atoms with E-state index in [0.29, 0.717) is 17.1 Å². The van der Waals surface area contributed by atoms with E-state index in [1.807, 2.05) is 18.2 Å². The summed E-state index contributed by atoms with van der Waals surface area (Å²) in [6.45, 7) is 0. The SMILES string of the molecule is COc1ccc(CSc2ncccn2)cc1C(=N)N. The molecule has 0 aliphatic rings. The Hall–Kier alpha value is -2.08. The van der Waals surface area contributed by atoms with Crippen molar-refractivity contribution in [2.75, 3.05) is 7.11 Å². The number of hydrogen-bond donors (Lipinski definition) is 2. The Labute approximate surface area is 115 Å². The number of ether oxygens (including phenoxy) is 1. The standard InChI is InChI=1S/C13H14N4OS/c1-18-11-4-3-9(7-10(11)12(14)15)8-19-13-16-5-2-6-17-13/h2-7H,8H2,1H3,(H3,14,15). The Morgan fingerprint density at radius 2 is 2.11 bits per heavy atom. The second-order valence-electron chi connectivity index (χ2n) is 3.77. The summed E-state index contributed by atoms with van der Waals surface area (Å²) in [6, 6.07) is 7.40. The van der Waals surface area contributed by atoms with Gasteiger partial charge in [-0.3, -0.25) is 5.41 Å². The molecule has 3 N–H and O–H groups in total. The molecule has 2 rings (SSSR count). The first-order valence-electron chi connectivity index (χ1n) is 5.62. The highest BCUT2D eigenvalue weighted by atomic mass is 32.2. The summed E-state index contributed by atoms with van der Waals surface area (Å²) in [7, 11) is 1.56. The number of aromatic nitrogens is 2. The first kappa shape index (κ1) is 13.4. The van der Waals surface area contributed by atoms with E-state index in [2.05, 4.69) is 9.97 Å². The van der Waals surface area contributed by atoms with Gasteiger partial charge < -0.3 is 10.5 Å². The molecular weight excluding hydrogens is 260 g/mol. The van der Waals surface area contributed by atoms with Gasteiger partial charge in [-0.05, 0) is 23.8 Å². The molecule has 5 nitrogen and oxygen atoms in total. The molecule has 19 heavy (non-hydrogen) atoms. The van der Waals surface area contributed by atoms with Gasteiger partial charge in [-0.25, -0.2) is 9.97 Å². The number of nitrogen functional groups attached to an aromatic ring is 1. The van der Waals surface area contributed by atoms with Crippen LogP contribution in [-0.2, 0) is 5.75 Å². The van der Waals surface area contributed by atoms with Gasteiger partial charge in [0.1, 0.15) is 11.6 Å². The lowest BCUT2D eigenvalue weighted by molar-refractivity contribution is 0.413. The third-order valence-electron chi connectivity index (χ3n) is 2.46. The fourth-order valence-corrected chi connectivity index (χ4v) is 2.31. The number of thioether (sulfide) groups is 1. The number of nitrogens with two attached hydrogens (primary N) is 1. The highest BCUT2D eigenvalue weighted by molar-refractivity contribution is 7.98. The van der Waals surface area contributed by atoms with Gasteiger partial charge in [0.25, 0.3) is 0 Å². The zero-order valence-corrected chi connectivity index (χ0v) is 11.3. The summed E-state index contributed by atoms with van der Waals surface area (Å²) in [4.78, 5) is 8.29. The van der Waals surface area contributed by atoms with Crippen molar-refractivity contribution in [3.8, 4) is 5.75 Å². The van der Waals surface area contributed by atoms with E-state index in [1.165, 1.54) is 11.8 Å². The van der Waals surface area contributed by atoms with Crippen LogP contribution in [0.1, 0.15) is 11.1 Å². The number of rotatable bonds is 5. The number of amidine groups is 1. The van der Waals surface area contributed by atoms with Crippen LogP contribution in [0.25, 0.3) is 0 Å². The number of nitrogens with one attached hydrogen (secondary N) is 1. The van der Waals surface area contributed by atoms with Crippen molar-refractivity contribution in [2.45, 2.75) is 10.9 Å². The summed E-state index contributed by atoms with van der Waals surface area (Å²) in [5.41, 5.74) is 7.19. The van der Waals surface area contributed by atoms with Crippen molar-refractivity contribution in [2.24, 2.45) is 5.73 Å². The molecule has 6 heteroatoms. The van der Waals surface area contributed by atoms with E-state index in [4.69, 9.17) is 15.9 Å². The predicted octanol–water partition coefficient (Wildman–Crippen LogP) is 2.06. The molecule has 0 radical (unpaired) electrons. The summed E-state index contributed by atoms with van der Waals surface area (Å²) in [5, 5.41) is 8.26. The van der Waals surface area contributed by atoms with E-state index >= 15 is 0 Å². The zero-order chi connectivity index (χ0) is 13.7. The summed E-state index contributed by atoms with van der Waals surface area (Å²) in [6.07, 6.45) is 3.43. The normalized spacial score (nSPS) is 10.2. The minimum absolute atomic E-state index is 0.000314. The summed E-state index contributed by atoms with van der Waals surface area (Å²) in [5.74, 6) is 1.32. The quantitative estimate of drug-likeness (QED) is 0.377. The highest BCUT2D eigenvalue weighted by Crippen LogP contribution is 2.24. The smallest absolute Gasteiger partial charge is 0.187 e. The Morgan fingerprint density at radius 3 is 2.74 bits per heavy atom. The van der Waals surface area contributed by atoms with Crippen LogP contribution in [-0.4, -0.2) is 22.9 Å². The molecule has 0 saturated carbocycles. The van der Waals surface area contributed by atoms with Gasteiger partial charge >= 0.3 is 0 Å². The molecule has 1 aromatic heterocycles. The minimum atomic E-state index is -0.000314. The topological polar surface area (TPSA) is 84.9 Å². The molecule has 0 spiro atoms. The third kappa shape index (κ3) is 3.45. The average Bonchev–Trinajstić information content (AvgIpc) is 2.46. The number of nitrogens with zero attached hydrogens (tertiary/aromatic N) is 2. The van der Waals surface area contributed by atoms with Gasteiger partial charge in [0, 0.05) is 18.1 Å². The molecule has 0 fully saturated rings. The molecule has 0 amide bonds. The van der Waals surface area contributed by atoms with Crippen LogP contribution in [0.2, 0.25) is 0 Å². The van der Waals surface area contributed by atoms with Crippen LogP contribution in [0.5, 0.6) is 5.75 Å². The average molecular weight is 274 g/mol. The number of hydrogen-bond acceptors (Lipinski definition) is 5. The maximum atomic E-state index is 7.54. The van der Waals surface area contributed by atoms with E-state index in [1.54, 1.807) is 25.6 Å². The lowest BCUT2D eigenvalue weighted by Crippen LogP contribution is -2.12. The van der Waals surface area contributed by atoms with Crippen molar-refractivity contribution < 1.29 is 4.74 Å². The van der Waals surface area contributed by atoms with Gasteiger partial charge in [-0.1, -0.05) is 17.8 Å². The van der Waals surface area contributed by atoms with Crippen LogP contribution < -0.4 is 10.5 Å². The Kier molecular flexibility index (Phi) is 4.35. The lowest BCUT2D eigenvalue weighted by Gasteiger charge is -2.09. The third-order valence-corrected chi connectivity index (χ3v) is 3.41. The van der Waals surface area contributed by atoms with Crippen molar-refractivity contribution in [3.05, 3.63) is 47.8 Å². The molecule has 0 atom stereocenters.